The number of nitrogens with zero attached hydrogens (tertiary/aromatic N) is 2. The largest absolute Gasteiger partial charge is 0.330 e. The van der Waals surface area contributed by atoms with Crippen molar-refractivity contribution in [3.05, 3.63) is 24.4 Å². The predicted octanol–water partition coefficient (Wildman–Crippen LogP) is 4.36. The normalized spacial score (nSPS) is 13.3. The minimum absolute atomic E-state index is 0. The molecule has 0 aliphatic rings. The average molecular weight is 324 g/mol. The summed E-state index contributed by atoms with van der Waals surface area (Å²) in [5, 5.41) is 1.29. The van der Waals surface area contributed by atoms with E-state index < -0.39 is 8.41 Å². The summed E-state index contributed by atoms with van der Waals surface area (Å²) in [6.45, 7) is 12.3. The first-order valence-corrected chi connectivity index (χ1v) is 9.42. The Morgan fingerprint density at radius 2 is 1.59 bits per heavy atom. The second kappa shape index (κ2) is 5.48. The van der Waals surface area contributed by atoms with Gasteiger partial charge < -0.3 is 4.11 Å². The van der Waals surface area contributed by atoms with Gasteiger partial charge in [-0.25, -0.2) is 9.13 Å². The Kier molecular flexibility index (Phi) is 4.70. The number of rotatable bonds is 1. The fraction of sp³-hybridized carbons (Fsp3) is 0.611. The number of halogens is 1. The van der Waals surface area contributed by atoms with Crippen LogP contribution in [0.1, 0.15) is 49.0 Å². The molecule has 2 rings (SSSR count). The van der Waals surface area contributed by atoms with Gasteiger partial charge >= 0.3 is 8.41 Å². The zero-order valence-corrected chi connectivity index (χ0v) is 15.6. The number of hydrogen-bond acceptors (Lipinski definition) is 0. The molecule has 0 aliphatic carbocycles. The topological polar surface area (TPSA) is 8.81 Å². The third-order valence-electron chi connectivity index (χ3n) is 4.57. The molecule has 124 valence electrons. The van der Waals surface area contributed by atoms with Crippen LogP contribution in [0, 0.1) is 0 Å². The molecule has 0 saturated carbocycles. The van der Waals surface area contributed by atoms with Gasteiger partial charge in [-0.15, -0.1) is 0 Å². The molecule has 4 heteroatoms. The Morgan fingerprint density at radius 3 is 2.00 bits per heavy atom. The Bertz CT molecular complexity index is 661. The van der Waals surface area contributed by atoms with E-state index in [1.807, 2.05) is 67.9 Å². The lowest BCUT2D eigenvalue weighted by atomic mass is 10.2. The fourth-order valence-electron chi connectivity index (χ4n) is 3.75. The van der Waals surface area contributed by atoms with Crippen molar-refractivity contribution in [3.8, 4) is 0 Å². The summed E-state index contributed by atoms with van der Waals surface area (Å²) in [6, 6.07) is 6.15. The number of fused-ring (bicyclic) bond motifs is 1. The predicted molar refractivity (Wildman–Crippen MR) is 96.8 cm³/mol. The van der Waals surface area contributed by atoms with Crippen molar-refractivity contribution < 1.29 is 8.67 Å². The van der Waals surface area contributed by atoms with E-state index in [2.05, 4.69) is 21.3 Å². The van der Waals surface area contributed by atoms with Gasteiger partial charge in [0.1, 0.15) is 5.32 Å². The molecule has 0 spiro atoms. The van der Waals surface area contributed by atoms with E-state index >= 15 is 4.11 Å². The van der Waals surface area contributed by atoms with Crippen molar-refractivity contribution in [2.45, 2.75) is 59.0 Å². The van der Waals surface area contributed by atoms with E-state index in [0.29, 0.717) is 0 Å². The molecule has 22 heavy (non-hydrogen) atoms. The lowest BCUT2D eigenvalue weighted by Crippen LogP contribution is -2.60. The van der Waals surface area contributed by atoms with E-state index in [0.717, 1.165) is 16.4 Å². The van der Waals surface area contributed by atoms with E-state index in [9.17, 15) is 0 Å². The van der Waals surface area contributed by atoms with Gasteiger partial charge in [0, 0.05) is 0 Å². The van der Waals surface area contributed by atoms with Crippen LogP contribution in [0.4, 0.5) is 4.11 Å². The number of pyridine rings is 1. The maximum atomic E-state index is 16.5. The Balaban J connectivity index is 0.00000242. The molecule has 0 bridgehead atoms. The fourth-order valence-corrected chi connectivity index (χ4v) is 8.46. The zero-order chi connectivity index (χ0) is 16.2. The molecule has 2 nitrogen and oxygen atoms in total. The van der Waals surface area contributed by atoms with Crippen LogP contribution in [0.25, 0.3) is 11.0 Å². The highest BCUT2D eigenvalue weighted by atomic mass is 28.4. The van der Waals surface area contributed by atoms with Crippen LogP contribution in [0.15, 0.2) is 24.4 Å². The molecule has 2 aromatic rings. The summed E-state index contributed by atoms with van der Waals surface area (Å²) in [5.74, 6) is 0. The lowest BCUT2D eigenvalue weighted by molar-refractivity contribution is -0.647. The van der Waals surface area contributed by atoms with Crippen LogP contribution in [-0.2, 0) is 14.1 Å². The third-order valence-corrected chi connectivity index (χ3v) is 9.89. The Morgan fingerprint density at radius 1 is 1.09 bits per heavy atom. The van der Waals surface area contributed by atoms with Crippen molar-refractivity contribution in [1.29, 1.82) is 0 Å². The summed E-state index contributed by atoms with van der Waals surface area (Å²) in [4.78, 5) is 0. The highest BCUT2D eigenvalue weighted by Crippen LogP contribution is 2.51. The maximum Gasteiger partial charge on any atom is 0.330 e. The standard InChI is InChI=1S/C17H28FN2Si.CH4/c1-16(2,3)21(18,17(4,5)6)14-12-13-10-9-11-19(7)15(13)20(14)8;/h9-12H,1-8H3;1H4/q+1;. The first kappa shape index (κ1) is 18.9. The molecule has 2 aromatic heterocycles. The first-order valence-electron chi connectivity index (χ1n) is 7.55. The maximum absolute atomic E-state index is 16.5. The SMILES string of the molecule is C.Cn1c([Si](F)(C(C)(C)C)C(C)(C)C)cc2ccc[n+](C)c21. The molecule has 0 unspecified atom stereocenters. The average Bonchev–Trinajstić information content (AvgIpc) is 2.64. The van der Waals surface area contributed by atoms with Gasteiger partial charge in [-0.2, -0.15) is 0 Å². The summed E-state index contributed by atoms with van der Waals surface area (Å²) in [6.07, 6.45) is 2.02. The second-order valence-electron chi connectivity index (χ2n) is 8.15. The van der Waals surface area contributed by atoms with Gasteiger partial charge in [-0.1, -0.05) is 49.0 Å². The van der Waals surface area contributed by atoms with Crippen LogP contribution in [0.3, 0.4) is 0 Å². The van der Waals surface area contributed by atoms with Crippen molar-refractivity contribution in [2.24, 2.45) is 14.1 Å². The van der Waals surface area contributed by atoms with Gasteiger partial charge in [0.15, 0.2) is 0 Å². The van der Waals surface area contributed by atoms with Gasteiger partial charge in [0.05, 0.1) is 25.7 Å². The second-order valence-corrected chi connectivity index (χ2v) is 13.0. The van der Waals surface area contributed by atoms with Crippen LogP contribution >= 0.6 is 0 Å². The van der Waals surface area contributed by atoms with Crippen LogP contribution in [0.5, 0.6) is 0 Å². The minimum atomic E-state index is -3.23. The highest BCUT2D eigenvalue weighted by molar-refractivity contribution is 6.90. The molecule has 0 atom stereocenters. The van der Waals surface area contributed by atoms with Gasteiger partial charge in [-0.05, 0) is 28.3 Å². The van der Waals surface area contributed by atoms with E-state index in [1.165, 1.54) is 0 Å². The molecular weight excluding hydrogens is 291 g/mol. The molecule has 0 amide bonds. The number of hydrogen-bond donors (Lipinski definition) is 0. The van der Waals surface area contributed by atoms with Crippen LogP contribution in [0.2, 0.25) is 10.1 Å². The van der Waals surface area contributed by atoms with Crippen molar-refractivity contribution in [1.82, 2.24) is 4.57 Å². The summed E-state index contributed by atoms with van der Waals surface area (Å²) < 4.78 is 20.6. The summed E-state index contributed by atoms with van der Waals surface area (Å²) >= 11 is 0. The van der Waals surface area contributed by atoms with Crippen molar-refractivity contribution >= 4 is 24.8 Å². The van der Waals surface area contributed by atoms with E-state index in [-0.39, 0.29) is 17.5 Å². The van der Waals surface area contributed by atoms with Crippen LogP contribution in [-0.4, -0.2) is 13.0 Å². The third kappa shape index (κ3) is 2.51. The molecule has 0 aliphatic heterocycles. The van der Waals surface area contributed by atoms with Gasteiger partial charge in [-0.3, -0.25) is 0 Å². The molecule has 2 heterocycles. The zero-order valence-electron chi connectivity index (χ0n) is 14.6. The summed E-state index contributed by atoms with van der Waals surface area (Å²) in [7, 11) is 0.782. The van der Waals surface area contributed by atoms with E-state index in [1.54, 1.807) is 0 Å². The molecular formula is C18H32FN2Si+. The number of aryl methyl sites for hydroxylation is 2. The molecule has 0 saturated heterocycles. The van der Waals surface area contributed by atoms with Crippen molar-refractivity contribution in [3.63, 3.8) is 0 Å². The quantitative estimate of drug-likeness (QED) is 0.419. The minimum Gasteiger partial charge on any atom is -0.302 e. The molecule has 0 radical (unpaired) electrons. The number of aromatic nitrogens is 2. The van der Waals surface area contributed by atoms with Crippen molar-refractivity contribution in [2.75, 3.05) is 0 Å². The first-order chi connectivity index (χ1) is 9.41. The van der Waals surface area contributed by atoms with Gasteiger partial charge in [0.25, 0.3) is 5.65 Å². The molecule has 0 aromatic carbocycles. The summed E-state index contributed by atoms with van der Waals surface area (Å²) in [5.41, 5.74) is 1.08. The smallest absolute Gasteiger partial charge is 0.302 e. The van der Waals surface area contributed by atoms with Gasteiger partial charge in [0.2, 0.25) is 0 Å². The Hall–Kier alpha value is -1.16. The Labute approximate surface area is 136 Å². The highest BCUT2D eigenvalue weighted by Gasteiger charge is 2.60. The monoisotopic (exact) mass is 323 g/mol. The lowest BCUT2D eigenvalue weighted by Gasteiger charge is -2.42. The van der Waals surface area contributed by atoms with Crippen LogP contribution < -0.4 is 9.88 Å². The molecule has 0 N–H and O–H groups in total. The molecule has 0 fully saturated rings. The van der Waals surface area contributed by atoms with E-state index in [4.69, 9.17) is 0 Å².